The molecular formula is C16H22FN3O. The molecular weight excluding hydrogens is 269 g/mol. The Bertz CT molecular complexity index is 485. The SMILES string of the molecule is O=C1CNC(c2ccc(F)cc2)N1CCN1CCCCC1. The molecule has 1 atom stereocenters. The topological polar surface area (TPSA) is 35.6 Å². The molecule has 0 bridgehead atoms. The molecule has 2 fully saturated rings. The van der Waals surface area contributed by atoms with Crippen LogP contribution in [-0.4, -0.2) is 48.4 Å². The van der Waals surface area contributed by atoms with Gasteiger partial charge in [-0.2, -0.15) is 0 Å². The number of nitrogens with one attached hydrogen (secondary N) is 1. The van der Waals surface area contributed by atoms with Crippen molar-refractivity contribution in [3.05, 3.63) is 35.6 Å². The highest BCUT2D eigenvalue weighted by molar-refractivity contribution is 5.80. The van der Waals surface area contributed by atoms with Gasteiger partial charge in [0.25, 0.3) is 0 Å². The van der Waals surface area contributed by atoms with Crippen molar-refractivity contribution in [3.63, 3.8) is 0 Å². The molecule has 1 N–H and O–H groups in total. The molecule has 0 spiro atoms. The summed E-state index contributed by atoms with van der Waals surface area (Å²) in [6, 6.07) is 6.39. The number of carbonyl (C=O) groups excluding carboxylic acids is 1. The van der Waals surface area contributed by atoms with Crippen molar-refractivity contribution in [2.75, 3.05) is 32.7 Å². The summed E-state index contributed by atoms with van der Waals surface area (Å²) in [5, 5.41) is 3.22. The molecule has 1 aromatic rings. The van der Waals surface area contributed by atoms with E-state index in [4.69, 9.17) is 0 Å². The second-order valence-electron chi connectivity index (χ2n) is 5.82. The molecule has 0 radical (unpaired) electrons. The lowest BCUT2D eigenvalue weighted by atomic mass is 10.1. The van der Waals surface area contributed by atoms with Gasteiger partial charge in [-0.25, -0.2) is 4.39 Å². The van der Waals surface area contributed by atoms with Crippen LogP contribution in [0.15, 0.2) is 24.3 Å². The summed E-state index contributed by atoms with van der Waals surface area (Å²) < 4.78 is 13.0. The van der Waals surface area contributed by atoms with E-state index >= 15 is 0 Å². The first kappa shape index (κ1) is 14.5. The van der Waals surface area contributed by atoms with Gasteiger partial charge in [-0.3, -0.25) is 10.1 Å². The van der Waals surface area contributed by atoms with Crippen molar-refractivity contribution in [1.82, 2.24) is 15.1 Å². The number of carbonyl (C=O) groups is 1. The molecule has 0 saturated carbocycles. The Morgan fingerprint density at radius 3 is 2.52 bits per heavy atom. The van der Waals surface area contributed by atoms with Gasteiger partial charge in [0.05, 0.1) is 6.54 Å². The second kappa shape index (κ2) is 6.54. The van der Waals surface area contributed by atoms with Crippen LogP contribution < -0.4 is 5.32 Å². The van der Waals surface area contributed by atoms with E-state index in [1.54, 1.807) is 12.1 Å². The van der Waals surface area contributed by atoms with Gasteiger partial charge in [-0.1, -0.05) is 18.6 Å². The summed E-state index contributed by atoms with van der Waals surface area (Å²) in [6.45, 7) is 4.29. The fourth-order valence-electron chi connectivity index (χ4n) is 3.17. The van der Waals surface area contributed by atoms with Crippen molar-refractivity contribution >= 4 is 5.91 Å². The van der Waals surface area contributed by atoms with Gasteiger partial charge in [-0.15, -0.1) is 0 Å². The number of likely N-dealkylation sites (tertiary alicyclic amines) is 1. The standard InChI is InChI=1S/C16H22FN3O/c17-14-6-4-13(5-7-14)16-18-12-15(21)20(16)11-10-19-8-2-1-3-9-19/h4-7,16,18H,1-3,8-12H2. The summed E-state index contributed by atoms with van der Waals surface area (Å²) in [7, 11) is 0. The predicted octanol–water partition coefficient (Wildman–Crippen LogP) is 1.74. The molecule has 1 aromatic carbocycles. The highest BCUT2D eigenvalue weighted by Crippen LogP contribution is 2.22. The number of benzene rings is 1. The van der Waals surface area contributed by atoms with Crippen LogP contribution in [-0.2, 0) is 4.79 Å². The van der Waals surface area contributed by atoms with Gasteiger partial charge in [0, 0.05) is 13.1 Å². The molecule has 5 heteroatoms. The van der Waals surface area contributed by atoms with Crippen LogP contribution in [0.1, 0.15) is 31.0 Å². The normalized spacial score (nSPS) is 23.8. The summed E-state index contributed by atoms with van der Waals surface area (Å²) in [5.74, 6) is -0.121. The van der Waals surface area contributed by atoms with Crippen molar-refractivity contribution in [3.8, 4) is 0 Å². The van der Waals surface area contributed by atoms with E-state index in [2.05, 4.69) is 10.2 Å². The zero-order valence-electron chi connectivity index (χ0n) is 12.2. The number of nitrogens with zero attached hydrogens (tertiary/aromatic N) is 2. The van der Waals surface area contributed by atoms with Crippen molar-refractivity contribution in [2.45, 2.75) is 25.4 Å². The molecule has 2 saturated heterocycles. The molecule has 1 amide bonds. The highest BCUT2D eigenvalue weighted by Gasteiger charge is 2.31. The fraction of sp³-hybridized carbons (Fsp3) is 0.562. The van der Waals surface area contributed by atoms with E-state index in [-0.39, 0.29) is 17.9 Å². The van der Waals surface area contributed by atoms with E-state index in [9.17, 15) is 9.18 Å². The number of hydrogen-bond acceptors (Lipinski definition) is 3. The van der Waals surface area contributed by atoms with Crippen molar-refractivity contribution in [1.29, 1.82) is 0 Å². The maximum Gasteiger partial charge on any atom is 0.238 e. The Labute approximate surface area is 124 Å². The summed E-state index contributed by atoms with van der Waals surface area (Å²) in [6.07, 6.45) is 3.71. The van der Waals surface area contributed by atoms with Gasteiger partial charge in [0.15, 0.2) is 0 Å². The van der Waals surface area contributed by atoms with E-state index in [1.807, 2.05) is 4.90 Å². The van der Waals surface area contributed by atoms with Gasteiger partial charge in [0.2, 0.25) is 5.91 Å². The molecule has 114 valence electrons. The van der Waals surface area contributed by atoms with Crippen LogP contribution in [0, 0.1) is 5.82 Å². The lowest BCUT2D eigenvalue weighted by molar-refractivity contribution is -0.128. The lowest BCUT2D eigenvalue weighted by Gasteiger charge is -2.30. The maximum absolute atomic E-state index is 13.0. The number of hydrogen-bond donors (Lipinski definition) is 1. The highest BCUT2D eigenvalue weighted by atomic mass is 19.1. The van der Waals surface area contributed by atoms with Crippen LogP contribution in [0.4, 0.5) is 4.39 Å². The Hall–Kier alpha value is -1.46. The third-order valence-corrected chi connectivity index (χ3v) is 4.37. The van der Waals surface area contributed by atoms with Crippen molar-refractivity contribution in [2.24, 2.45) is 0 Å². The minimum atomic E-state index is -0.247. The molecule has 2 aliphatic heterocycles. The van der Waals surface area contributed by atoms with Crippen molar-refractivity contribution < 1.29 is 9.18 Å². The Balaban J connectivity index is 1.63. The number of piperidine rings is 1. The summed E-state index contributed by atoms with van der Waals surface area (Å²) in [5.41, 5.74) is 0.945. The number of amides is 1. The van der Waals surface area contributed by atoms with Crippen LogP contribution in [0.5, 0.6) is 0 Å². The zero-order chi connectivity index (χ0) is 14.7. The van der Waals surface area contributed by atoms with E-state index in [1.165, 1.54) is 31.4 Å². The van der Waals surface area contributed by atoms with Crippen LogP contribution in [0.3, 0.4) is 0 Å². The van der Waals surface area contributed by atoms with E-state index in [0.717, 1.165) is 31.7 Å². The van der Waals surface area contributed by atoms with Gasteiger partial charge in [0.1, 0.15) is 12.0 Å². The largest absolute Gasteiger partial charge is 0.321 e. The zero-order valence-corrected chi connectivity index (χ0v) is 12.2. The van der Waals surface area contributed by atoms with Gasteiger partial charge in [-0.05, 0) is 43.6 Å². The quantitative estimate of drug-likeness (QED) is 0.918. The second-order valence-corrected chi connectivity index (χ2v) is 5.82. The van der Waals surface area contributed by atoms with Crippen LogP contribution in [0.2, 0.25) is 0 Å². The Morgan fingerprint density at radius 1 is 1.10 bits per heavy atom. The minimum absolute atomic E-state index is 0.122. The van der Waals surface area contributed by atoms with Gasteiger partial charge < -0.3 is 9.80 Å². The molecule has 0 aliphatic carbocycles. The molecule has 2 aliphatic rings. The fourth-order valence-corrected chi connectivity index (χ4v) is 3.17. The first-order chi connectivity index (χ1) is 10.2. The molecule has 3 rings (SSSR count). The lowest BCUT2D eigenvalue weighted by Crippen LogP contribution is -2.40. The molecule has 1 unspecified atom stereocenters. The third-order valence-electron chi connectivity index (χ3n) is 4.37. The minimum Gasteiger partial charge on any atom is -0.321 e. The average Bonchev–Trinajstić information content (AvgIpc) is 2.88. The predicted molar refractivity (Wildman–Crippen MR) is 79.1 cm³/mol. The van der Waals surface area contributed by atoms with E-state index < -0.39 is 0 Å². The van der Waals surface area contributed by atoms with Crippen LogP contribution >= 0.6 is 0 Å². The average molecular weight is 291 g/mol. The molecule has 0 aromatic heterocycles. The third kappa shape index (κ3) is 3.41. The maximum atomic E-state index is 13.0. The van der Waals surface area contributed by atoms with E-state index in [0.29, 0.717) is 6.54 Å². The Kier molecular flexibility index (Phi) is 4.51. The molecule has 21 heavy (non-hydrogen) atoms. The summed E-state index contributed by atoms with van der Waals surface area (Å²) >= 11 is 0. The molecule has 2 heterocycles. The monoisotopic (exact) mass is 291 g/mol. The smallest absolute Gasteiger partial charge is 0.238 e. The first-order valence-electron chi connectivity index (χ1n) is 7.75. The number of rotatable bonds is 4. The van der Waals surface area contributed by atoms with Crippen LogP contribution in [0.25, 0.3) is 0 Å². The summed E-state index contributed by atoms with van der Waals surface area (Å²) in [4.78, 5) is 16.4. The Morgan fingerprint density at radius 2 is 1.81 bits per heavy atom. The first-order valence-corrected chi connectivity index (χ1v) is 7.75. The molecule has 4 nitrogen and oxygen atoms in total. The van der Waals surface area contributed by atoms with Gasteiger partial charge >= 0.3 is 0 Å². The number of halogens is 1.